The van der Waals surface area contributed by atoms with Gasteiger partial charge in [-0.3, -0.25) is 0 Å². The fourth-order valence-electron chi connectivity index (χ4n) is 1.81. The Morgan fingerprint density at radius 2 is 2.05 bits per heavy atom. The maximum atomic E-state index is 4.27. The average molecular weight is 338 g/mol. The molecule has 1 heterocycles. The van der Waals surface area contributed by atoms with Crippen molar-refractivity contribution in [2.24, 2.45) is 0 Å². The van der Waals surface area contributed by atoms with Gasteiger partial charge in [-0.1, -0.05) is 28.9 Å². The lowest BCUT2D eigenvalue weighted by molar-refractivity contribution is 0.589. The Morgan fingerprint density at radius 1 is 1.32 bits per heavy atom. The molecule has 0 aliphatic carbocycles. The third kappa shape index (κ3) is 4.03. The molecule has 100 valence electrons. The van der Waals surface area contributed by atoms with Crippen LogP contribution in [0.5, 0.6) is 0 Å². The standard InChI is InChI=1S/C14H16BrN3S/c1-3-16-10(2)12-6-5-11(15)9-13(12)19-14-17-7-4-8-18-14/h4-10,16H,3H2,1-2H3. The summed E-state index contributed by atoms with van der Waals surface area (Å²) in [5, 5.41) is 4.21. The average Bonchev–Trinajstić information content (AvgIpc) is 2.40. The van der Waals surface area contributed by atoms with Crippen LogP contribution in [-0.2, 0) is 0 Å². The summed E-state index contributed by atoms with van der Waals surface area (Å²) < 4.78 is 1.07. The molecule has 0 spiro atoms. The second-order valence-electron chi connectivity index (χ2n) is 4.09. The number of hydrogen-bond acceptors (Lipinski definition) is 4. The summed E-state index contributed by atoms with van der Waals surface area (Å²) in [6.07, 6.45) is 3.53. The van der Waals surface area contributed by atoms with Gasteiger partial charge in [0.1, 0.15) is 0 Å². The van der Waals surface area contributed by atoms with Crippen LogP contribution in [-0.4, -0.2) is 16.5 Å². The van der Waals surface area contributed by atoms with E-state index in [1.54, 1.807) is 24.2 Å². The van der Waals surface area contributed by atoms with Crippen LogP contribution < -0.4 is 5.32 Å². The summed E-state index contributed by atoms with van der Waals surface area (Å²) in [6.45, 7) is 5.23. The lowest BCUT2D eigenvalue weighted by atomic mass is 10.1. The first-order valence-electron chi connectivity index (χ1n) is 6.18. The van der Waals surface area contributed by atoms with Crippen LogP contribution in [0.1, 0.15) is 25.5 Å². The Balaban J connectivity index is 2.29. The van der Waals surface area contributed by atoms with Crippen molar-refractivity contribution < 1.29 is 0 Å². The molecule has 5 heteroatoms. The van der Waals surface area contributed by atoms with Gasteiger partial charge in [-0.05, 0) is 49.0 Å². The smallest absolute Gasteiger partial charge is 0.192 e. The lowest BCUT2D eigenvalue weighted by Crippen LogP contribution is -2.18. The van der Waals surface area contributed by atoms with Gasteiger partial charge in [0.05, 0.1) is 0 Å². The molecule has 0 amide bonds. The van der Waals surface area contributed by atoms with E-state index >= 15 is 0 Å². The van der Waals surface area contributed by atoms with Crippen molar-refractivity contribution >= 4 is 27.7 Å². The molecule has 1 aromatic carbocycles. The summed E-state index contributed by atoms with van der Waals surface area (Å²) in [5.41, 5.74) is 1.27. The van der Waals surface area contributed by atoms with Crippen molar-refractivity contribution in [3.05, 3.63) is 46.7 Å². The highest BCUT2D eigenvalue weighted by Gasteiger charge is 2.12. The number of nitrogens with one attached hydrogen (secondary N) is 1. The first-order chi connectivity index (χ1) is 9.20. The summed E-state index contributed by atoms with van der Waals surface area (Å²) >= 11 is 5.11. The fraction of sp³-hybridized carbons (Fsp3) is 0.286. The highest BCUT2D eigenvalue weighted by Crippen LogP contribution is 2.33. The summed E-state index contributed by atoms with van der Waals surface area (Å²) in [7, 11) is 0. The van der Waals surface area contributed by atoms with Gasteiger partial charge in [0, 0.05) is 27.8 Å². The fourth-order valence-corrected chi connectivity index (χ4v) is 3.29. The first-order valence-corrected chi connectivity index (χ1v) is 7.79. The van der Waals surface area contributed by atoms with E-state index in [2.05, 4.69) is 63.3 Å². The minimum Gasteiger partial charge on any atom is -0.310 e. The van der Waals surface area contributed by atoms with E-state index < -0.39 is 0 Å². The number of hydrogen-bond donors (Lipinski definition) is 1. The molecule has 19 heavy (non-hydrogen) atoms. The largest absolute Gasteiger partial charge is 0.310 e. The molecular weight excluding hydrogens is 322 g/mol. The van der Waals surface area contributed by atoms with E-state index in [1.807, 2.05) is 6.07 Å². The van der Waals surface area contributed by atoms with Gasteiger partial charge in [-0.25, -0.2) is 9.97 Å². The van der Waals surface area contributed by atoms with E-state index in [-0.39, 0.29) is 0 Å². The molecule has 1 aromatic heterocycles. The van der Waals surface area contributed by atoms with Gasteiger partial charge in [-0.2, -0.15) is 0 Å². The van der Waals surface area contributed by atoms with Gasteiger partial charge in [0.25, 0.3) is 0 Å². The number of halogens is 1. The topological polar surface area (TPSA) is 37.8 Å². The van der Waals surface area contributed by atoms with Crippen LogP contribution in [0, 0.1) is 0 Å². The van der Waals surface area contributed by atoms with Gasteiger partial charge in [0.15, 0.2) is 5.16 Å². The third-order valence-corrected chi connectivity index (χ3v) is 4.16. The van der Waals surface area contributed by atoms with Crippen LogP contribution in [0.15, 0.2) is 51.2 Å². The molecule has 3 nitrogen and oxygen atoms in total. The number of aromatic nitrogens is 2. The molecular formula is C14H16BrN3S. The van der Waals surface area contributed by atoms with Crippen molar-refractivity contribution in [2.45, 2.75) is 29.9 Å². The van der Waals surface area contributed by atoms with Crippen molar-refractivity contribution in [3.63, 3.8) is 0 Å². The highest BCUT2D eigenvalue weighted by atomic mass is 79.9. The molecule has 0 saturated carbocycles. The maximum absolute atomic E-state index is 4.27. The van der Waals surface area contributed by atoms with Crippen LogP contribution >= 0.6 is 27.7 Å². The molecule has 0 saturated heterocycles. The van der Waals surface area contributed by atoms with Gasteiger partial charge >= 0.3 is 0 Å². The Kier molecular flexibility index (Phi) is 5.36. The van der Waals surface area contributed by atoms with Crippen LogP contribution in [0.2, 0.25) is 0 Å². The van der Waals surface area contributed by atoms with Crippen molar-refractivity contribution in [2.75, 3.05) is 6.54 Å². The predicted octanol–water partition coefficient (Wildman–Crippen LogP) is 4.06. The quantitative estimate of drug-likeness (QED) is 0.835. The number of benzene rings is 1. The Morgan fingerprint density at radius 3 is 2.74 bits per heavy atom. The Bertz CT molecular complexity index is 533. The van der Waals surface area contributed by atoms with Crippen molar-refractivity contribution in [1.29, 1.82) is 0 Å². The normalized spacial score (nSPS) is 12.4. The molecule has 1 atom stereocenters. The van der Waals surface area contributed by atoms with Crippen LogP contribution in [0.3, 0.4) is 0 Å². The maximum Gasteiger partial charge on any atom is 0.192 e. The molecule has 1 unspecified atom stereocenters. The summed E-state index contributed by atoms with van der Waals surface area (Å²) in [4.78, 5) is 9.71. The van der Waals surface area contributed by atoms with E-state index in [0.717, 1.165) is 16.2 Å². The zero-order valence-corrected chi connectivity index (χ0v) is 13.3. The molecule has 0 radical (unpaired) electrons. The van der Waals surface area contributed by atoms with E-state index in [1.165, 1.54) is 10.5 Å². The summed E-state index contributed by atoms with van der Waals surface area (Å²) in [6, 6.07) is 8.46. The van der Waals surface area contributed by atoms with Crippen molar-refractivity contribution in [3.8, 4) is 0 Å². The van der Waals surface area contributed by atoms with Gasteiger partial charge < -0.3 is 5.32 Å². The van der Waals surface area contributed by atoms with E-state index in [4.69, 9.17) is 0 Å². The second kappa shape index (κ2) is 7.03. The monoisotopic (exact) mass is 337 g/mol. The number of nitrogens with zero attached hydrogens (tertiary/aromatic N) is 2. The van der Waals surface area contributed by atoms with E-state index in [9.17, 15) is 0 Å². The first kappa shape index (κ1) is 14.5. The van der Waals surface area contributed by atoms with Crippen LogP contribution in [0.25, 0.3) is 0 Å². The van der Waals surface area contributed by atoms with Gasteiger partial charge in [0.2, 0.25) is 0 Å². The molecule has 0 bridgehead atoms. The Labute approximate surface area is 126 Å². The molecule has 1 N–H and O–H groups in total. The third-order valence-electron chi connectivity index (χ3n) is 2.70. The van der Waals surface area contributed by atoms with Gasteiger partial charge in [-0.15, -0.1) is 0 Å². The van der Waals surface area contributed by atoms with Crippen molar-refractivity contribution in [1.82, 2.24) is 15.3 Å². The number of rotatable bonds is 5. The molecule has 0 aliphatic rings. The zero-order chi connectivity index (χ0) is 13.7. The predicted molar refractivity (Wildman–Crippen MR) is 82.4 cm³/mol. The minimum absolute atomic E-state index is 0.310. The van der Waals surface area contributed by atoms with Crippen LogP contribution in [0.4, 0.5) is 0 Å². The molecule has 2 aromatic rings. The minimum atomic E-state index is 0.310. The second-order valence-corrected chi connectivity index (χ2v) is 6.02. The SMILES string of the molecule is CCNC(C)c1ccc(Br)cc1Sc1ncccn1. The molecule has 0 aliphatic heterocycles. The Hall–Kier alpha value is -0.910. The van der Waals surface area contributed by atoms with E-state index in [0.29, 0.717) is 6.04 Å². The lowest BCUT2D eigenvalue weighted by Gasteiger charge is -2.16. The zero-order valence-electron chi connectivity index (χ0n) is 10.9. The summed E-state index contributed by atoms with van der Waals surface area (Å²) in [5.74, 6) is 0. The highest BCUT2D eigenvalue weighted by molar-refractivity contribution is 9.10. The molecule has 0 fully saturated rings. The molecule has 2 rings (SSSR count).